The van der Waals surface area contributed by atoms with Gasteiger partial charge in [0.1, 0.15) is 11.4 Å². The maximum Gasteiger partial charge on any atom is 0.431 e. The van der Waals surface area contributed by atoms with Crippen LogP contribution >= 0.6 is 11.6 Å². The molecule has 5 nitrogen and oxygen atoms in total. The summed E-state index contributed by atoms with van der Waals surface area (Å²) in [6.07, 6.45) is -3.54. The summed E-state index contributed by atoms with van der Waals surface area (Å²) in [5.74, 6) is -0.805. The Hall–Kier alpha value is -2.00. The van der Waals surface area contributed by atoms with Gasteiger partial charge in [-0.05, 0) is 56.9 Å². The van der Waals surface area contributed by atoms with Crippen LogP contribution in [0.4, 0.5) is 13.2 Å². The lowest BCUT2D eigenvalue weighted by atomic mass is 10.00. The van der Waals surface area contributed by atoms with Crippen LogP contribution in [0.5, 0.6) is 0 Å². The fourth-order valence-corrected chi connectivity index (χ4v) is 5.89. The van der Waals surface area contributed by atoms with Gasteiger partial charge in [0.05, 0.1) is 10.5 Å². The van der Waals surface area contributed by atoms with E-state index in [-0.39, 0.29) is 35.7 Å². The number of carbonyl (C=O) groups excluding carboxylic acids is 1. The van der Waals surface area contributed by atoms with E-state index in [1.807, 2.05) is 0 Å². The van der Waals surface area contributed by atoms with Crippen LogP contribution in [0, 0.1) is 6.92 Å². The van der Waals surface area contributed by atoms with Gasteiger partial charge in [-0.2, -0.15) is 13.2 Å². The third kappa shape index (κ3) is 3.83. The van der Waals surface area contributed by atoms with E-state index in [4.69, 9.17) is 11.6 Å². The SMILES string of the molecule is Cc1c(-c2ccc(Cl)cc2)c(C(=O)N2CCS(=O)(=O)C(C)(C)C2)n(C2CC2)c1C(F)(F)F. The minimum absolute atomic E-state index is 0.0148. The van der Waals surface area contributed by atoms with Gasteiger partial charge in [-0.25, -0.2) is 8.42 Å². The third-order valence-corrected chi connectivity index (χ3v) is 9.08. The Morgan fingerprint density at radius 2 is 1.75 bits per heavy atom. The second-order valence-corrected chi connectivity index (χ2v) is 12.3. The molecule has 1 amide bonds. The highest BCUT2D eigenvalue weighted by molar-refractivity contribution is 7.92. The van der Waals surface area contributed by atoms with E-state index in [1.165, 1.54) is 25.7 Å². The zero-order valence-corrected chi connectivity index (χ0v) is 19.5. The predicted octanol–water partition coefficient (Wildman–Crippen LogP) is 5.12. The van der Waals surface area contributed by atoms with Crippen LogP contribution in [0.3, 0.4) is 0 Å². The molecule has 4 rings (SSSR count). The average Bonchev–Trinajstić information content (AvgIpc) is 3.46. The van der Waals surface area contributed by atoms with E-state index in [1.54, 1.807) is 24.3 Å². The Balaban J connectivity index is 1.92. The van der Waals surface area contributed by atoms with Crippen LogP contribution in [0.15, 0.2) is 24.3 Å². The fraction of sp³-hybridized carbons (Fsp3) is 0.500. The first-order chi connectivity index (χ1) is 14.7. The number of nitrogens with zero attached hydrogens (tertiary/aromatic N) is 2. The molecule has 2 fully saturated rings. The summed E-state index contributed by atoms with van der Waals surface area (Å²) < 4.78 is 67.2. The number of rotatable bonds is 3. The largest absolute Gasteiger partial charge is 0.431 e. The zero-order valence-electron chi connectivity index (χ0n) is 18.0. The molecule has 2 heterocycles. The van der Waals surface area contributed by atoms with Crippen molar-refractivity contribution in [2.24, 2.45) is 0 Å². The lowest BCUT2D eigenvalue weighted by Crippen LogP contribution is -2.54. The standard InChI is InChI=1S/C22H24ClF3N2O3S/c1-13-17(14-4-6-15(23)7-5-14)18(28(16-8-9-16)19(13)22(24,25)26)20(29)27-10-11-32(30,31)21(2,3)12-27/h4-7,16H,8-12H2,1-3H3. The topological polar surface area (TPSA) is 59.4 Å². The number of carbonyl (C=O) groups is 1. The van der Waals surface area contributed by atoms with E-state index in [2.05, 4.69) is 0 Å². The monoisotopic (exact) mass is 488 g/mol. The van der Waals surface area contributed by atoms with Crippen molar-refractivity contribution < 1.29 is 26.4 Å². The molecule has 0 N–H and O–H groups in total. The van der Waals surface area contributed by atoms with Crippen molar-refractivity contribution >= 4 is 27.3 Å². The molecule has 2 aliphatic rings. The number of sulfone groups is 1. The molecule has 10 heteroatoms. The number of amides is 1. The Bertz CT molecular complexity index is 1180. The normalized spacial score (nSPS) is 20.4. The van der Waals surface area contributed by atoms with E-state index in [0.717, 1.165) is 4.57 Å². The van der Waals surface area contributed by atoms with E-state index in [0.29, 0.717) is 23.4 Å². The zero-order chi connectivity index (χ0) is 23.6. The fourth-order valence-electron chi connectivity index (χ4n) is 4.40. The molecule has 0 bridgehead atoms. The van der Waals surface area contributed by atoms with Crippen molar-refractivity contribution in [3.8, 4) is 11.1 Å². The molecule has 1 saturated carbocycles. The van der Waals surface area contributed by atoms with Gasteiger partial charge < -0.3 is 9.47 Å². The van der Waals surface area contributed by atoms with Crippen molar-refractivity contribution in [1.29, 1.82) is 0 Å². The van der Waals surface area contributed by atoms with Crippen LogP contribution in [-0.4, -0.2) is 47.4 Å². The van der Waals surface area contributed by atoms with E-state index < -0.39 is 38.4 Å². The highest BCUT2D eigenvalue weighted by Gasteiger charge is 2.47. The van der Waals surface area contributed by atoms with Gasteiger partial charge in [0.25, 0.3) is 5.91 Å². The molecule has 1 aliphatic heterocycles. The lowest BCUT2D eigenvalue weighted by Gasteiger charge is -2.38. The smallest absolute Gasteiger partial charge is 0.335 e. The molecular formula is C22H24ClF3N2O3S. The minimum Gasteiger partial charge on any atom is -0.335 e. The number of alkyl halides is 3. The van der Waals surface area contributed by atoms with Crippen molar-refractivity contribution in [2.75, 3.05) is 18.8 Å². The summed E-state index contributed by atoms with van der Waals surface area (Å²) in [6, 6.07) is 5.94. The van der Waals surface area contributed by atoms with E-state index >= 15 is 0 Å². The summed E-state index contributed by atoms with van der Waals surface area (Å²) in [5, 5.41) is 0.430. The number of hydrogen-bond acceptors (Lipinski definition) is 3. The molecule has 174 valence electrons. The summed E-state index contributed by atoms with van der Waals surface area (Å²) >= 11 is 5.97. The summed E-state index contributed by atoms with van der Waals surface area (Å²) in [4.78, 5) is 15.1. The van der Waals surface area contributed by atoms with Crippen LogP contribution in [0.25, 0.3) is 11.1 Å². The minimum atomic E-state index is -4.64. The van der Waals surface area contributed by atoms with Crippen LogP contribution in [0.2, 0.25) is 5.02 Å². The molecular weight excluding hydrogens is 465 g/mol. The molecule has 0 unspecified atom stereocenters. The van der Waals surface area contributed by atoms with Crippen molar-refractivity contribution in [3.05, 3.63) is 46.2 Å². The number of aromatic nitrogens is 1. The number of benzene rings is 1. The Morgan fingerprint density at radius 3 is 2.25 bits per heavy atom. The van der Waals surface area contributed by atoms with Crippen molar-refractivity contribution in [3.63, 3.8) is 0 Å². The molecule has 32 heavy (non-hydrogen) atoms. The van der Waals surface area contributed by atoms with Gasteiger partial charge in [-0.1, -0.05) is 23.7 Å². The maximum absolute atomic E-state index is 14.2. The van der Waals surface area contributed by atoms with Crippen LogP contribution < -0.4 is 0 Å². The van der Waals surface area contributed by atoms with Gasteiger partial charge in [0.15, 0.2) is 9.84 Å². The van der Waals surface area contributed by atoms with Gasteiger partial charge in [0, 0.05) is 29.7 Å². The van der Waals surface area contributed by atoms with Crippen molar-refractivity contribution in [2.45, 2.75) is 50.6 Å². The third-order valence-electron chi connectivity index (χ3n) is 6.30. The summed E-state index contributed by atoms with van der Waals surface area (Å²) in [7, 11) is -3.41. The molecule has 2 aromatic rings. The second-order valence-electron chi connectivity index (χ2n) is 9.11. The number of halogens is 4. The Kier molecular flexibility index (Phi) is 5.44. The van der Waals surface area contributed by atoms with Gasteiger partial charge >= 0.3 is 6.18 Å². The highest BCUT2D eigenvalue weighted by atomic mass is 35.5. The highest BCUT2D eigenvalue weighted by Crippen LogP contribution is 2.48. The van der Waals surface area contributed by atoms with Crippen molar-refractivity contribution in [1.82, 2.24) is 9.47 Å². The lowest BCUT2D eigenvalue weighted by molar-refractivity contribution is -0.144. The van der Waals surface area contributed by atoms with Crippen LogP contribution in [0.1, 0.15) is 54.5 Å². The van der Waals surface area contributed by atoms with Crippen LogP contribution in [-0.2, 0) is 16.0 Å². The molecule has 0 spiro atoms. The second kappa shape index (κ2) is 7.52. The Morgan fingerprint density at radius 1 is 1.16 bits per heavy atom. The molecule has 1 saturated heterocycles. The van der Waals surface area contributed by atoms with Gasteiger partial charge in [-0.15, -0.1) is 0 Å². The molecule has 0 atom stereocenters. The summed E-state index contributed by atoms with van der Waals surface area (Å²) in [6.45, 7) is 4.32. The maximum atomic E-state index is 14.2. The molecule has 1 aliphatic carbocycles. The predicted molar refractivity (Wildman–Crippen MR) is 117 cm³/mol. The first-order valence-electron chi connectivity index (χ1n) is 10.3. The quantitative estimate of drug-likeness (QED) is 0.602. The molecule has 0 radical (unpaired) electrons. The first-order valence-corrected chi connectivity index (χ1v) is 12.4. The first kappa shape index (κ1) is 23.2. The average molecular weight is 489 g/mol. The summed E-state index contributed by atoms with van der Waals surface area (Å²) in [5.41, 5.74) is -0.188. The Labute approximate surface area is 190 Å². The van der Waals surface area contributed by atoms with Gasteiger partial charge in [0.2, 0.25) is 0 Å². The number of hydrogen-bond donors (Lipinski definition) is 0. The van der Waals surface area contributed by atoms with E-state index in [9.17, 15) is 26.4 Å². The molecule has 1 aromatic carbocycles. The molecule has 1 aromatic heterocycles. The van der Waals surface area contributed by atoms with Gasteiger partial charge in [-0.3, -0.25) is 4.79 Å².